The highest BCUT2D eigenvalue weighted by Crippen LogP contribution is 2.22. The van der Waals surface area contributed by atoms with Crippen LogP contribution in [-0.2, 0) is 0 Å². The lowest BCUT2D eigenvalue weighted by atomic mass is 10.1. The Balaban J connectivity index is 1.77. The van der Waals surface area contributed by atoms with Crippen LogP contribution in [0.2, 0.25) is 0 Å². The number of nitrogens with one attached hydrogen (secondary N) is 1. The number of benzene rings is 1. The largest absolute Gasteiger partial charge is 0.497 e. The fourth-order valence-corrected chi connectivity index (χ4v) is 2.56. The highest BCUT2D eigenvalue weighted by molar-refractivity contribution is 5.94. The van der Waals surface area contributed by atoms with E-state index in [4.69, 9.17) is 4.74 Å². The highest BCUT2D eigenvalue weighted by Gasteiger charge is 2.34. The van der Waals surface area contributed by atoms with Gasteiger partial charge in [0.25, 0.3) is 5.91 Å². The normalized spacial score (nSPS) is 19.2. The number of amides is 1. The lowest BCUT2D eigenvalue weighted by molar-refractivity contribution is -0.143. The molecule has 1 fully saturated rings. The zero-order valence-corrected chi connectivity index (χ0v) is 12.3. The monoisotopic (exact) mass is 316 g/mol. The van der Waals surface area contributed by atoms with Crippen molar-refractivity contribution in [3.05, 3.63) is 29.8 Å². The van der Waals surface area contributed by atoms with Crippen LogP contribution in [0, 0.1) is 5.92 Å². The minimum absolute atomic E-state index is 0.0598. The average Bonchev–Trinajstić information content (AvgIpc) is 2.90. The third-order valence-electron chi connectivity index (χ3n) is 3.68. The van der Waals surface area contributed by atoms with Crippen molar-refractivity contribution in [2.75, 3.05) is 33.3 Å². The maximum absolute atomic E-state index is 12.3. The molecule has 4 nitrogen and oxygen atoms in total. The Labute approximate surface area is 127 Å². The number of hydrogen-bond donors (Lipinski definition) is 1. The Morgan fingerprint density at radius 1 is 1.36 bits per heavy atom. The van der Waals surface area contributed by atoms with Crippen LogP contribution in [0.5, 0.6) is 5.75 Å². The van der Waals surface area contributed by atoms with Gasteiger partial charge in [-0.25, -0.2) is 0 Å². The average molecular weight is 316 g/mol. The van der Waals surface area contributed by atoms with E-state index in [2.05, 4.69) is 5.32 Å². The first-order chi connectivity index (χ1) is 10.4. The molecular formula is C15H19F3N2O2. The van der Waals surface area contributed by atoms with Gasteiger partial charge in [0, 0.05) is 18.7 Å². The smallest absolute Gasteiger partial charge is 0.401 e. The van der Waals surface area contributed by atoms with E-state index < -0.39 is 12.7 Å². The molecule has 1 heterocycles. The van der Waals surface area contributed by atoms with Crippen molar-refractivity contribution in [3.63, 3.8) is 0 Å². The van der Waals surface area contributed by atoms with E-state index in [1.807, 2.05) is 0 Å². The zero-order chi connectivity index (χ0) is 16.2. The molecule has 0 radical (unpaired) electrons. The highest BCUT2D eigenvalue weighted by atomic mass is 19.4. The fraction of sp³-hybridized carbons (Fsp3) is 0.533. The van der Waals surface area contributed by atoms with Crippen LogP contribution in [0.4, 0.5) is 13.2 Å². The first-order valence-electron chi connectivity index (χ1n) is 7.09. The molecule has 0 spiro atoms. The van der Waals surface area contributed by atoms with Crippen LogP contribution in [0.25, 0.3) is 0 Å². The number of carbonyl (C=O) groups is 1. The number of halogens is 3. The third kappa shape index (κ3) is 4.91. The summed E-state index contributed by atoms with van der Waals surface area (Å²) < 4.78 is 41.9. The molecule has 0 unspecified atom stereocenters. The molecule has 0 aromatic heterocycles. The van der Waals surface area contributed by atoms with Crippen molar-refractivity contribution < 1.29 is 22.7 Å². The third-order valence-corrected chi connectivity index (χ3v) is 3.68. The summed E-state index contributed by atoms with van der Waals surface area (Å²) in [7, 11) is 1.54. The predicted octanol–water partition coefficient (Wildman–Crippen LogP) is 2.31. The number of alkyl halides is 3. The molecule has 7 heteroatoms. The summed E-state index contributed by atoms with van der Waals surface area (Å²) in [5, 5.41) is 2.77. The minimum Gasteiger partial charge on any atom is -0.497 e. The molecule has 1 amide bonds. The van der Waals surface area contributed by atoms with E-state index in [0.717, 1.165) is 0 Å². The Morgan fingerprint density at radius 2 is 2.05 bits per heavy atom. The zero-order valence-electron chi connectivity index (χ0n) is 12.3. The van der Waals surface area contributed by atoms with Crippen LogP contribution < -0.4 is 10.1 Å². The summed E-state index contributed by atoms with van der Waals surface area (Å²) in [6, 6.07) is 6.68. The van der Waals surface area contributed by atoms with Gasteiger partial charge < -0.3 is 10.1 Å². The molecule has 1 atom stereocenters. The van der Waals surface area contributed by atoms with E-state index >= 15 is 0 Å². The van der Waals surface area contributed by atoms with Crippen LogP contribution in [0.1, 0.15) is 16.8 Å². The number of likely N-dealkylation sites (tertiary alicyclic amines) is 1. The summed E-state index contributed by atoms with van der Waals surface area (Å²) in [5.74, 6) is 0.497. The predicted molar refractivity (Wildman–Crippen MR) is 75.9 cm³/mol. The van der Waals surface area contributed by atoms with E-state index in [1.54, 1.807) is 31.4 Å². The van der Waals surface area contributed by atoms with Gasteiger partial charge in [0.1, 0.15) is 5.75 Å². The molecule has 1 aromatic rings. The van der Waals surface area contributed by atoms with Gasteiger partial charge in [-0.2, -0.15) is 13.2 Å². The molecule has 22 heavy (non-hydrogen) atoms. The molecule has 0 bridgehead atoms. The SMILES string of the molecule is COc1ccc(C(=O)NC[C@@H]2CCN(CC(F)(F)F)C2)cc1. The first-order valence-corrected chi connectivity index (χ1v) is 7.09. The number of methoxy groups -OCH3 is 1. The second-order valence-electron chi connectivity index (χ2n) is 5.44. The molecule has 0 aliphatic carbocycles. The van der Waals surface area contributed by atoms with Gasteiger partial charge in [0.05, 0.1) is 13.7 Å². The second kappa shape index (κ2) is 7.00. The summed E-state index contributed by atoms with van der Waals surface area (Å²) in [6.45, 7) is 0.292. The fourth-order valence-electron chi connectivity index (χ4n) is 2.56. The molecule has 1 aromatic carbocycles. The number of carbonyl (C=O) groups excluding carboxylic acids is 1. The molecule has 122 valence electrons. The van der Waals surface area contributed by atoms with Crippen molar-refractivity contribution in [2.24, 2.45) is 5.92 Å². The first kappa shape index (κ1) is 16.6. The molecule has 1 N–H and O–H groups in total. The van der Waals surface area contributed by atoms with Gasteiger partial charge in [-0.05, 0) is 43.1 Å². The molecule has 1 aliphatic rings. The van der Waals surface area contributed by atoms with Crippen LogP contribution >= 0.6 is 0 Å². The lowest BCUT2D eigenvalue weighted by Gasteiger charge is -2.18. The Morgan fingerprint density at radius 3 is 2.64 bits per heavy atom. The lowest BCUT2D eigenvalue weighted by Crippen LogP contribution is -2.34. The van der Waals surface area contributed by atoms with E-state index in [1.165, 1.54) is 4.90 Å². The van der Waals surface area contributed by atoms with Gasteiger partial charge in [0.2, 0.25) is 0 Å². The number of ether oxygens (including phenoxy) is 1. The Hall–Kier alpha value is -1.76. The van der Waals surface area contributed by atoms with Gasteiger partial charge in [-0.1, -0.05) is 0 Å². The minimum atomic E-state index is -4.17. The molecule has 2 rings (SSSR count). The van der Waals surface area contributed by atoms with Gasteiger partial charge in [0.15, 0.2) is 0 Å². The summed E-state index contributed by atoms with van der Waals surface area (Å²) >= 11 is 0. The van der Waals surface area contributed by atoms with Crippen molar-refractivity contribution in [1.82, 2.24) is 10.2 Å². The van der Waals surface area contributed by atoms with E-state index in [-0.39, 0.29) is 11.8 Å². The molecular weight excluding hydrogens is 297 g/mol. The topological polar surface area (TPSA) is 41.6 Å². The van der Waals surface area contributed by atoms with E-state index in [0.29, 0.717) is 37.4 Å². The van der Waals surface area contributed by atoms with Crippen LogP contribution in [0.3, 0.4) is 0 Å². The summed E-state index contributed by atoms with van der Waals surface area (Å²) in [6.07, 6.45) is -3.50. The summed E-state index contributed by atoms with van der Waals surface area (Å²) in [5.41, 5.74) is 0.506. The van der Waals surface area contributed by atoms with Crippen LogP contribution in [0.15, 0.2) is 24.3 Å². The molecule has 1 saturated heterocycles. The van der Waals surface area contributed by atoms with Gasteiger partial charge in [-0.15, -0.1) is 0 Å². The van der Waals surface area contributed by atoms with Crippen LogP contribution in [-0.4, -0.2) is 50.3 Å². The van der Waals surface area contributed by atoms with Crippen molar-refractivity contribution >= 4 is 5.91 Å². The maximum Gasteiger partial charge on any atom is 0.401 e. The number of hydrogen-bond acceptors (Lipinski definition) is 3. The number of nitrogens with zero attached hydrogens (tertiary/aromatic N) is 1. The summed E-state index contributed by atoms with van der Waals surface area (Å²) in [4.78, 5) is 13.3. The van der Waals surface area contributed by atoms with Gasteiger partial charge in [-0.3, -0.25) is 9.69 Å². The second-order valence-corrected chi connectivity index (χ2v) is 5.44. The Kier molecular flexibility index (Phi) is 5.28. The van der Waals surface area contributed by atoms with Crippen molar-refractivity contribution in [1.29, 1.82) is 0 Å². The molecule has 0 saturated carbocycles. The van der Waals surface area contributed by atoms with Crippen molar-refractivity contribution in [3.8, 4) is 5.75 Å². The van der Waals surface area contributed by atoms with E-state index in [9.17, 15) is 18.0 Å². The Bertz CT molecular complexity index is 503. The number of rotatable bonds is 5. The standard InChI is InChI=1S/C15H19F3N2O2/c1-22-13-4-2-12(3-5-13)14(21)19-8-11-6-7-20(9-11)10-15(16,17)18/h2-5,11H,6-10H2,1H3,(H,19,21)/t11-/m0/s1. The quantitative estimate of drug-likeness (QED) is 0.906. The van der Waals surface area contributed by atoms with Gasteiger partial charge >= 0.3 is 6.18 Å². The molecule has 1 aliphatic heterocycles. The maximum atomic E-state index is 12.3. The van der Waals surface area contributed by atoms with Crippen molar-refractivity contribution in [2.45, 2.75) is 12.6 Å².